The van der Waals surface area contributed by atoms with Crippen LogP contribution in [0.25, 0.3) is 11.5 Å². The number of benzene rings is 2. The van der Waals surface area contributed by atoms with Crippen LogP contribution in [0.1, 0.15) is 16.8 Å². The molecule has 23 heavy (non-hydrogen) atoms. The molecule has 0 saturated heterocycles. The van der Waals surface area contributed by atoms with Crippen molar-refractivity contribution in [2.75, 3.05) is 5.32 Å². The largest absolute Gasteiger partial charge is 0.419 e. The molecule has 0 fully saturated rings. The Labute approximate surface area is 139 Å². The van der Waals surface area contributed by atoms with Crippen LogP contribution < -0.4 is 5.32 Å². The molecule has 1 heterocycles. The van der Waals surface area contributed by atoms with Gasteiger partial charge in [-0.05, 0) is 24.6 Å². The Bertz CT molecular complexity index is 863. The van der Waals surface area contributed by atoms with E-state index >= 15 is 0 Å². The van der Waals surface area contributed by atoms with Gasteiger partial charge >= 0.3 is 0 Å². The van der Waals surface area contributed by atoms with E-state index in [9.17, 15) is 5.26 Å². The molecule has 3 rings (SSSR count). The molecule has 3 aromatic rings. The molecule has 1 aromatic heterocycles. The average Bonchev–Trinajstić information content (AvgIpc) is 2.98. The number of halogens is 1. The van der Waals surface area contributed by atoms with Gasteiger partial charge in [-0.1, -0.05) is 53.6 Å². The predicted octanol–water partition coefficient (Wildman–Crippen LogP) is 4.79. The maximum absolute atomic E-state index is 9.24. The summed E-state index contributed by atoms with van der Waals surface area (Å²) in [6, 6.07) is 17.4. The monoisotopic (exact) mass is 323 g/mol. The van der Waals surface area contributed by atoms with Crippen LogP contribution in [-0.2, 0) is 6.54 Å². The summed E-state index contributed by atoms with van der Waals surface area (Å²) >= 11 is 6.15. The van der Waals surface area contributed by atoms with Crippen molar-refractivity contribution in [3.05, 3.63) is 70.4 Å². The Morgan fingerprint density at radius 3 is 2.61 bits per heavy atom. The third-order valence-corrected chi connectivity index (χ3v) is 3.74. The number of anilines is 1. The standard InChI is InChI=1S/C18H14ClN3O/c1-12-6-8-13(9-7-12)11-21-18-16(10-20)22-17(23-18)14-4-2-3-5-15(14)19/h2-9,21H,11H2,1H3. The van der Waals surface area contributed by atoms with E-state index in [2.05, 4.69) is 10.3 Å². The lowest BCUT2D eigenvalue weighted by Gasteiger charge is -2.03. The van der Waals surface area contributed by atoms with Crippen LogP contribution in [0.3, 0.4) is 0 Å². The molecule has 4 nitrogen and oxygen atoms in total. The minimum Gasteiger partial charge on any atom is -0.419 e. The number of aromatic nitrogens is 1. The van der Waals surface area contributed by atoms with Crippen molar-refractivity contribution >= 4 is 17.5 Å². The van der Waals surface area contributed by atoms with Gasteiger partial charge in [0.1, 0.15) is 6.07 Å². The second kappa shape index (κ2) is 6.55. The number of hydrogen-bond donors (Lipinski definition) is 1. The average molecular weight is 324 g/mol. The third kappa shape index (κ3) is 3.36. The summed E-state index contributed by atoms with van der Waals surface area (Å²) in [4.78, 5) is 4.21. The Kier molecular flexibility index (Phi) is 4.31. The molecule has 1 N–H and O–H groups in total. The van der Waals surface area contributed by atoms with Crippen LogP contribution in [0.2, 0.25) is 5.02 Å². The summed E-state index contributed by atoms with van der Waals surface area (Å²) < 4.78 is 5.69. The topological polar surface area (TPSA) is 61.9 Å². The molecule has 0 aliphatic carbocycles. The highest BCUT2D eigenvalue weighted by Gasteiger charge is 2.16. The first-order chi connectivity index (χ1) is 11.2. The van der Waals surface area contributed by atoms with Crippen molar-refractivity contribution in [3.8, 4) is 17.5 Å². The molecule has 0 spiro atoms. The molecule has 114 valence electrons. The molecule has 0 atom stereocenters. The van der Waals surface area contributed by atoms with E-state index in [-0.39, 0.29) is 5.69 Å². The first kappa shape index (κ1) is 15.1. The van der Waals surface area contributed by atoms with Gasteiger partial charge in [0.05, 0.1) is 10.6 Å². The van der Waals surface area contributed by atoms with Gasteiger partial charge in [-0.25, -0.2) is 0 Å². The maximum Gasteiger partial charge on any atom is 0.232 e. The highest BCUT2D eigenvalue weighted by molar-refractivity contribution is 6.33. The van der Waals surface area contributed by atoms with E-state index in [0.717, 1.165) is 5.56 Å². The molecule has 0 bridgehead atoms. The predicted molar refractivity (Wildman–Crippen MR) is 90.2 cm³/mol. The molecule has 2 aromatic carbocycles. The summed E-state index contributed by atoms with van der Waals surface area (Å²) in [7, 11) is 0. The van der Waals surface area contributed by atoms with Crippen molar-refractivity contribution in [1.82, 2.24) is 4.98 Å². The van der Waals surface area contributed by atoms with E-state index < -0.39 is 0 Å². The fraction of sp³-hybridized carbons (Fsp3) is 0.111. The maximum atomic E-state index is 9.24. The SMILES string of the molecule is Cc1ccc(CNc2oc(-c3ccccc3Cl)nc2C#N)cc1. The van der Waals surface area contributed by atoms with E-state index in [1.165, 1.54) is 5.56 Å². The van der Waals surface area contributed by atoms with Crippen LogP contribution >= 0.6 is 11.6 Å². The summed E-state index contributed by atoms with van der Waals surface area (Å²) in [5, 5.41) is 12.9. The van der Waals surface area contributed by atoms with E-state index in [0.29, 0.717) is 28.9 Å². The zero-order valence-electron chi connectivity index (χ0n) is 12.5. The number of rotatable bonds is 4. The van der Waals surface area contributed by atoms with E-state index in [1.807, 2.05) is 49.4 Å². The van der Waals surface area contributed by atoms with Crippen LogP contribution in [0.5, 0.6) is 0 Å². The van der Waals surface area contributed by atoms with Gasteiger partial charge < -0.3 is 9.73 Å². The number of nitrogens with one attached hydrogen (secondary N) is 1. The zero-order chi connectivity index (χ0) is 16.2. The molecular formula is C18H14ClN3O. The smallest absolute Gasteiger partial charge is 0.232 e. The number of nitrogens with zero attached hydrogens (tertiary/aromatic N) is 2. The quantitative estimate of drug-likeness (QED) is 0.750. The van der Waals surface area contributed by atoms with Crippen molar-refractivity contribution in [2.45, 2.75) is 13.5 Å². The molecule has 0 radical (unpaired) electrons. The number of nitriles is 1. The molecule has 0 unspecified atom stereocenters. The van der Waals surface area contributed by atoms with Gasteiger partial charge in [0.2, 0.25) is 17.5 Å². The van der Waals surface area contributed by atoms with Crippen molar-refractivity contribution < 1.29 is 4.42 Å². The first-order valence-corrected chi connectivity index (χ1v) is 7.50. The normalized spacial score (nSPS) is 10.3. The van der Waals surface area contributed by atoms with Gasteiger partial charge in [0, 0.05) is 6.54 Å². The lowest BCUT2D eigenvalue weighted by molar-refractivity contribution is 0.585. The van der Waals surface area contributed by atoms with E-state index in [1.54, 1.807) is 12.1 Å². The van der Waals surface area contributed by atoms with E-state index in [4.69, 9.17) is 16.0 Å². The summed E-state index contributed by atoms with van der Waals surface area (Å²) in [5.41, 5.74) is 3.17. The van der Waals surface area contributed by atoms with Gasteiger partial charge in [0.25, 0.3) is 0 Å². The molecule has 0 aliphatic rings. The molecule has 5 heteroatoms. The number of hydrogen-bond acceptors (Lipinski definition) is 4. The summed E-state index contributed by atoms with van der Waals surface area (Å²) in [6.07, 6.45) is 0. The second-order valence-corrected chi connectivity index (χ2v) is 5.53. The Morgan fingerprint density at radius 2 is 1.91 bits per heavy atom. The van der Waals surface area contributed by atoms with Gasteiger partial charge in [-0.3, -0.25) is 0 Å². The summed E-state index contributed by atoms with van der Waals surface area (Å²) in [5.74, 6) is 0.682. The molecule has 0 amide bonds. The second-order valence-electron chi connectivity index (χ2n) is 5.13. The molecule has 0 saturated carbocycles. The minimum absolute atomic E-state index is 0.215. The first-order valence-electron chi connectivity index (χ1n) is 7.12. The fourth-order valence-corrected chi connectivity index (χ4v) is 2.37. The van der Waals surface area contributed by atoms with Crippen LogP contribution in [0.4, 0.5) is 5.88 Å². The number of oxazole rings is 1. The zero-order valence-corrected chi connectivity index (χ0v) is 13.3. The van der Waals surface area contributed by atoms with Crippen molar-refractivity contribution in [3.63, 3.8) is 0 Å². The number of aryl methyl sites for hydroxylation is 1. The van der Waals surface area contributed by atoms with Gasteiger partial charge in [-0.2, -0.15) is 10.2 Å². The van der Waals surface area contributed by atoms with Gasteiger partial charge in [-0.15, -0.1) is 0 Å². The summed E-state index contributed by atoms with van der Waals surface area (Å²) in [6.45, 7) is 2.59. The third-order valence-electron chi connectivity index (χ3n) is 3.41. The minimum atomic E-state index is 0.215. The van der Waals surface area contributed by atoms with Crippen molar-refractivity contribution in [1.29, 1.82) is 5.26 Å². The molecule has 0 aliphatic heterocycles. The molecular weight excluding hydrogens is 310 g/mol. The lowest BCUT2D eigenvalue weighted by Crippen LogP contribution is -1.99. The lowest BCUT2D eigenvalue weighted by atomic mass is 10.1. The Balaban J connectivity index is 1.84. The Hall–Kier alpha value is -2.77. The highest BCUT2D eigenvalue weighted by Crippen LogP contribution is 2.30. The van der Waals surface area contributed by atoms with Crippen LogP contribution in [0, 0.1) is 18.3 Å². The highest BCUT2D eigenvalue weighted by atomic mass is 35.5. The van der Waals surface area contributed by atoms with Gasteiger partial charge in [0.15, 0.2) is 0 Å². The fourth-order valence-electron chi connectivity index (χ4n) is 2.15. The Morgan fingerprint density at radius 1 is 1.17 bits per heavy atom. The van der Waals surface area contributed by atoms with Crippen molar-refractivity contribution in [2.24, 2.45) is 0 Å². The van der Waals surface area contributed by atoms with Crippen LogP contribution in [-0.4, -0.2) is 4.98 Å². The van der Waals surface area contributed by atoms with Crippen LogP contribution in [0.15, 0.2) is 52.9 Å².